The predicted molar refractivity (Wildman–Crippen MR) is 46.9 cm³/mol. The van der Waals surface area contributed by atoms with Crippen LogP contribution in [0.25, 0.3) is 0 Å². The largest absolute Gasteiger partial charge is 0.401 e. The van der Waals surface area contributed by atoms with Gasteiger partial charge < -0.3 is 5.11 Å². The van der Waals surface area contributed by atoms with Gasteiger partial charge in [-0.3, -0.25) is 4.90 Å². The Bertz CT molecular complexity index is 183. The molecule has 2 nitrogen and oxygen atoms in total. The summed E-state index contributed by atoms with van der Waals surface area (Å²) >= 11 is 0. The number of hydrogen-bond donors (Lipinski definition) is 1. The molecule has 0 aromatic carbocycles. The number of rotatable bonds is 3. The maximum atomic E-state index is 12.1. The molecule has 14 heavy (non-hydrogen) atoms. The van der Waals surface area contributed by atoms with Crippen LogP contribution < -0.4 is 0 Å². The second-order valence-corrected chi connectivity index (χ2v) is 3.80. The second kappa shape index (κ2) is 4.49. The van der Waals surface area contributed by atoms with E-state index >= 15 is 0 Å². The quantitative estimate of drug-likeness (QED) is 0.769. The summed E-state index contributed by atoms with van der Waals surface area (Å²) in [6.45, 7) is 1.24. The Labute approximate surface area is 81.7 Å². The highest BCUT2D eigenvalue weighted by Crippen LogP contribution is 2.26. The molecule has 0 aliphatic heterocycles. The molecular formula is C9H16F3NO. The smallest absolute Gasteiger partial charge is 0.393 e. The lowest BCUT2D eigenvalue weighted by Gasteiger charge is -2.28. The number of hydrogen-bond acceptors (Lipinski definition) is 2. The number of aliphatic hydroxyl groups excluding tert-OH is 1. The molecule has 0 saturated heterocycles. The Morgan fingerprint density at radius 2 is 2.00 bits per heavy atom. The molecule has 1 saturated carbocycles. The molecule has 0 heterocycles. The zero-order chi connectivity index (χ0) is 10.8. The van der Waals surface area contributed by atoms with Crippen molar-refractivity contribution in [3.05, 3.63) is 0 Å². The lowest BCUT2D eigenvalue weighted by molar-refractivity contribution is -0.150. The standard InChI is InChI=1S/C9H16F3NO/c1-2-13(6-9(10,11)12)7-3-4-8(14)5-7/h7-8,14H,2-6H2,1H3. The average molecular weight is 211 g/mol. The molecule has 1 N–H and O–H groups in total. The molecule has 84 valence electrons. The molecule has 0 spiro atoms. The predicted octanol–water partition coefficient (Wildman–Crippen LogP) is 1.78. The van der Waals surface area contributed by atoms with E-state index in [1.807, 2.05) is 0 Å². The van der Waals surface area contributed by atoms with Gasteiger partial charge in [0.15, 0.2) is 0 Å². The summed E-state index contributed by atoms with van der Waals surface area (Å²) in [5, 5.41) is 9.23. The highest BCUT2D eigenvalue weighted by atomic mass is 19.4. The maximum absolute atomic E-state index is 12.1. The number of halogens is 3. The van der Waals surface area contributed by atoms with Crippen LogP contribution in [-0.2, 0) is 0 Å². The van der Waals surface area contributed by atoms with Gasteiger partial charge in [0.25, 0.3) is 0 Å². The van der Waals surface area contributed by atoms with Crippen molar-refractivity contribution < 1.29 is 18.3 Å². The van der Waals surface area contributed by atoms with Crippen molar-refractivity contribution in [1.82, 2.24) is 4.90 Å². The maximum Gasteiger partial charge on any atom is 0.401 e. The molecule has 0 radical (unpaired) electrons. The van der Waals surface area contributed by atoms with Crippen LogP contribution in [0.3, 0.4) is 0 Å². The van der Waals surface area contributed by atoms with Gasteiger partial charge in [0.1, 0.15) is 0 Å². The highest BCUT2D eigenvalue weighted by Gasteiger charge is 2.35. The van der Waals surface area contributed by atoms with Crippen molar-refractivity contribution in [3.63, 3.8) is 0 Å². The molecule has 2 atom stereocenters. The van der Waals surface area contributed by atoms with E-state index in [2.05, 4.69) is 0 Å². The number of aliphatic hydroxyl groups is 1. The van der Waals surface area contributed by atoms with Crippen molar-refractivity contribution in [2.75, 3.05) is 13.1 Å². The lowest BCUT2D eigenvalue weighted by Crippen LogP contribution is -2.40. The van der Waals surface area contributed by atoms with Gasteiger partial charge in [0, 0.05) is 6.04 Å². The Kier molecular flexibility index (Phi) is 3.78. The van der Waals surface area contributed by atoms with E-state index in [1.54, 1.807) is 6.92 Å². The zero-order valence-corrected chi connectivity index (χ0v) is 8.22. The summed E-state index contributed by atoms with van der Waals surface area (Å²) in [6.07, 6.45) is -2.78. The van der Waals surface area contributed by atoms with Gasteiger partial charge in [0.2, 0.25) is 0 Å². The SMILES string of the molecule is CCN(CC(F)(F)F)C1CCC(O)C1. The molecular weight excluding hydrogens is 195 g/mol. The summed E-state index contributed by atoms with van der Waals surface area (Å²) in [6, 6.07) is -0.100. The first-order valence-corrected chi connectivity index (χ1v) is 4.91. The summed E-state index contributed by atoms with van der Waals surface area (Å²) in [5.74, 6) is 0. The van der Waals surface area contributed by atoms with Crippen LogP contribution in [0.5, 0.6) is 0 Å². The average Bonchev–Trinajstić information content (AvgIpc) is 2.46. The topological polar surface area (TPSA) is 23.5 Å². The molecule has 0 bridgehead atoms. The zero-order valence-electron chi connectivity index (χ0n) is 8.22. The first-order chi connectivity index (χ1) is 6.42. The van der Waals surface area contributed by atoms with E-state index < -0.39 is 18.8 Å². The van der Waals surface area contributed by atoms with E-state index in [0.29, 0.717) is 25.8 Å². The van der Waals surface area contributed by atoms with Crippen LogP contribution in [0.1, 0.15) is 26.2 Å². The Morgan fingerprint density at radius 3 is 2.36 bits per heavy atom. The van der Waals surface area contributed by atoms with Crippen LogP contribution in [0.2, 0.25) is 0 Å². The van der Waals surface area contributed by atoms with Crippen LogP contribution in [0.15, 0.2) is 0 Å². The van der Waals surface area contributed by atoms with E-state index in [9.17, 15) is 18.3 Å². The lowest BCUT2D eigenvalue weighted by atomic mass is 10.2. The minimum Gasteiger partial charge on any atom is -0.393 e. The molecule has 0 aromatic rings. The monoisotopic (exact) mass is 211 g/mol. The van der Waals surface area contributed by atoms with E-state index in [-0.39, 0.29) is 6.04 Å². The molecule has 2 unspecified atom stereocenters. The minimum absolute atomic E-state index is 0.100. The van der Waals surface area contributed by atoms with E-state index in [1.165, 1.54) is 4.90 Å². The first kappa shape index (κ1) is 11.8. The minimum atomic E-state index is -4.14. The van der Waals surface area contributed by atoms with Gasteiger partial charge in [-0.15, -0.1) is 0 Å². The van der Waals surface area contributed by atoms with Gasteiger partial charge in [-0.2, -0.15) is 13.2 Å². The van der Waals surface area contributed by atoms with Crippen molar-refractivity contribution in [3.8, 4) is 0 Å². The van der Waals surface area contributed by atoms with Gasteiger partial charge >= 0.3 is 6.18 Å². The van der Waals surface area contributed by atoms with Crippen molar-refractivity contribution in [2.45, 2.75) is 44.5 Å². The fourth-order valence-electron chi connectivity index (χ4n) is 2.00. The molecule has 5 heteroatoms. The van der Waals surface area contributed by atoms with Crippen molar-refractivity contribution >= 4 is 0 Å². The Hall–Kier alpha value is -0.290. The van der Waals surface area contributed by atoms with Gasteiger partial charge in [-0.1, -0.05) is 6.92 Å². The first-order valence-electron chi connectivity index (χ1n) is 4.91. The third kappa shape index (κ3) is 3.46. The molecule has 0 aromatic heterocycles. The summed E-state index contributed by atoms with van der Waals surface area (Å²) in [5.41, 5.74) is 0. The summed E-state index contributed by atoms with van der Waals surface area (Å²) in [7, 11) is 0. The molecule has 1 rings (SSSR count). The van der Waals surface area contributed by atoms with Crippen molar-refractivity contribution in [2.24, 2.45) is 0 Å². The van der Waals surface area contributed by atoms with Crippen molar-refractivity contribution in [1.29, 1.82) is 0 Å². The molecule has 1 aliphatic carbocycles. The third-order valence-electron chi connectivity index (χ3n) is 2.68. The molecule has 0 amide bonds. The van der Waals surface area contributed by atoms with E-state index in [4.69, 9.17) is 0 Å². The Morgan fingerprint density at radius 1 is 1.36 bits per heavy atom. The van der Waals surface area contributed by atoms with Crippen LogP contribution in [0.4, 0.5) is 13.2 Å². The van der Waals surface area contributed by atoms with Crippen LogP contribution in [-0.4, -0.2) is 41.4 Å². The normalized spacial score (nSPS) is 28.7. The van der Waals surface area contributed by atoms with Gasteiger partial charge in [0.05, 0.1) is 12.6 Å². The van der Waals surface area contributed by atoms with E-state index in [0.717, 1.165) is 0 Å². The highest BCUT2D eigenvalue weighted by molar-refractivity contribution is 4.83. The Balaban J connectivity index is 2.46. The van der Waals surface area contributed by atoms with Crippen LogP contribution >= 0.6 is 0 Å². The molecule has 1 fully saturated rings. The van der Waals surface area contributed by atoms with Crippen LogP contribution in [0, 0.1) is 0 Å². The fraction of sp³-hybridized carbons (Fsp3) is 1.00. The summed E-state index contributed by atoms with van der Waals surface area (Å²) < 4.78 is 36.4. The van der Waals surface area contributed by atoms with Gasteiger partial charge in [-0.25, -0.2) is 0 Å². The second-order valence-electron chi connectivity index (χ2n) is 3.80. The molecule has 1 aliphatic rings. The summed E-state index contributed by atoms with van der Waals surface area (Å²) in [4.78, 5) is 1.40. The fourth-order valence-corrected chi connectivity index (χ4v) is 2.00. The third-order valence-corrected chi connectivity index (χ3v) is 2.68. The number of nitrogens with zero attached hydrogens (tertiary/aromatic N) is 1. The van der Waals surface area contributed by atoms with Gasteiger partial charge in [-0.05, 0) is 25.8 Å². The number of alkyl halides is 3.